The topological polar surface area (TPSA) is 50.1 Å². The van der Waals surface area contributed by atoms with Gasteiger partial charge in [0.1, 0.15) is 5.76 Å². The molecule has 0 saturated carbocycles. The minimum atomic E-state index is 0.584. The molecular formula is C12H13N3OS. The van der Waals surface area contributed by atoms with Gasteiger partial charge in [-0.05, 0) is 36.5 Å². The van der Waals surface area contributed by atoms with Gasteiger partial charge in [-0.1, -0.05) is 6.07 Å². The van der Waals surface area contributed by atoms with Crippen LogP contribution < -0.4 is 10.6 Å². The molecule has 0 aliphatic carbocycles. The quantitative estimate of drug-likeness (QED) is 0.807. The third kappa shape index (κ3) is 3.88. The molecule has 2 N–H and O–H groups in total. The first kappa shape index (κ1) is 11.6. The third-order valence-electron chi connectivity index (χ3n) is 2.16. The largest absolute Gasteiger partial charge is 0.467 e. The summed E-state index contributed by atoms with van der Waals surface area (Å²) in [6.07, 6.45) is 3.40. The molecule has 4 nitrogen and oxygen atoms in total. The Morgan fingerprint density at radius 3 is 2.76 bits per heavy atom. The molecule has 2 aromatic rings. The Morgan fingerprint density at radius 1 is 1.18 bits per heavy atom. The molecule has 0 aliphatic heterocycles. The molecule has 0 aromatic carbocycles. The van der Waals surface area contributed by atoms with Crippen molar-refractivity contribution >= 4 is 17.3 Å². The summed E-state index contributed by atoms with van der Waals surface area (Å²) in [4.78, 5) is 4.19. The Kier molecular flexibility index (Phi) is 4.10. The molecule has 5 heteroatoms. The Hall–Kier alpha value is -1.88. The lowest BCUT2D eigenvalue weighted by Gasteiger charge is -2.08. The van der Waals surface area contributed by atoms with Crippen LogP contribution in [0.5, 0.6) is 0 Å². The molecule has 0 radical (unpaired) electrons. The van der Waals surface area contributed by atoms with Gasteiger partial charge in [-0.3, -0.25) is 4.98 Å². The van der Waals surface area contributed by atoms with Crippen molar-refractivity contribution in [1.29, 1.82) is 0 Å². The van der Waals surface area contributed by atoms with Crippen molar-refractivity contribution in [3.63, 3.8) is 0 Å². The Balaban J connectivity index is 1.71. The maximum absolute atomic E-state index is 5.18. The highest BCUT2D eigenvalue weighted by Gasteiger charge is 1.98. The first-order chi connectivity index (χ1) is 8.34. The zero-order valence-electron chi connectivity index (χ0n) is 9.22. The summed E-state index contributed by atoms with van der Waals surface area (Å²) >= 11 is 5.13. The van der Waals surface area contributed by atoms with E-state index in [9.17, 15) is 0 Å². The molecular weight excluding hydrogens is 234 g/mol. The van der Waals surface area contributed by atoms with Gasteiger partial charge in [-0.15, -0.1) is 0 Å². The number of thiocarbonyl (C=S) groups is 1. The van der Waals surface area contributed by atoms with Crippen LogP contribution in [0.1, 0.15) is 11.5 Å². The van der Waals surface area contributed by atoms with Crippen LogP contribution in [-0.2, 0) is 13.1 Å². The van der Waals surface area contributed by atoms with Crippen LogP contribution in [-0.4, -0.2) is 10.1 Å². The second-order valence-corrected chi connectivity index (χ2v) is 3.84. The molecule has 0 amide bonds. The van der Waals surface area contributed by atoms with Crippen LogP contribution in [0.2, 0.25) is 0 Å². The fourth-order valence-electron chi connectivity index (χ4n) is 1.32. The molecule has 0 saturated heterocycles. The van der Waals surface area contributed by atoms with Crippen molar-refractivity contribution in [2.75, 3.05) is 0 Å². The van der Waals surface area contributed by atoms with Gasteiger partial charge in [-0.2, -0.15) is 0 Å². The predicted octanol–water partition coefficient (Wildman–Crippen LogP) is 1.84. The predicted molar refractivity (Wildman–Crippen MR) is 69.2 cm³/mol. The minimum Gasteiger partial charge on any atom is -0.467 e. The van der Waals surface area contributed by atoms with E-state index in [4.69, 9.17) is 16.6 Å². The van der Waals surface area contributed by atoms with Gasteiger partial charge >= 0.3 is 0 Å². The molecule has 0 fully saturated rings. The molecule has 0 aliphatic rings. The monoisotopic (exact) mass is 247 g/mol. The second-order valence-electron chi connectivity index (χ2n) is 3.44. The summed E-state index contributed by atoms with van der Waals surface area (Å²) in [7, 11) is 0. The van der Waals surface area contributed by atoms with Gasteiger partial charge in [0.15, 0.2) is 5.11 Å². The Bertz CT molecular complexity index is 456. The molecule has 0 unspecified atom stereocenters. The molecule has 88 valence electrons. The highest BCUT2D eigenvalue weighted by Crippen LogP contribution is 1.98. The van der Waals surface area contributed by atoms with Crippen molar-refractivity contribution in [2.24, 2.45) is 0 Å². The van der Waals surface area contributed by atoms with Gasteiger partial charge in [-0.25, -0.2) is 0 Å². The zero-order valence-corrected chi connectivity index (χ0v) is 10.0. The molecule has 0 atom stereocenters. The van der Waals surface area contributed by atoms with Gasteiger partial charge < -0.3 is 15.1 Å². The summed E-state index contributed by atoms with van der Waals surface area (Å²) in [6, 6.07) is 9.53. The summed E-state index contributed by atoms with van der Waals surface area (Å²) in [5, 5.41) is 6.72. The van der Waals surface area contributed by atoms with Crippen molar-refractivity contribution in [3.8, 4) is 0 Å². The number of nitrogens with zero attached hydrogens (tertiary/aromatic N) is 1. The highest BCUT2D eigenvalue weighted by molar-refractivity contribution is 7.80. The van der Waals surface area contributed by atoms with E-state index in [0.29, 0.717) is 18.2 Å². The van der Waals surface area contributed by atoms with Crippen LogP contribution in [0.3, 0.4) is 0 Å². The normalized spacial score (nSPS) is 9.88. The van der Waals surface area contributed by atoms with Crippen LogP contribution in [0, 0.1) is 0 Å². The fourth-order valence-corrected chi connectivity index (χ4v) is 1.46. The smallest absolute Gasteiger partial charge is 0.166 e. The highest BCUT2D eigenvalue weighted by atomic mass is 32.1. The molecule has 0 bridgehead atoms. The summed E-state index contributed by atoms with van der Waals surface area (Å²) in [5.41, 5.74) is 0.953. The van der Waals surface area contributed by atoms with Gasteiger partial charge in [0.25, 0.3) is 0 Å². The average Bonchev–Trinajstić information content (AvgIpc) is 2.88. The van der Waals surface area contributed by atoms with Crippen molar-refractivity contribution in [3.05, 3.63) is 54.2 Å². The van der Waals surface area contributed by atoms with Crippen molar-refractivity contribution in [1.82, 2.24) is 15.6 Å². The number of hydrogen-bond acceptors (Lipinski definition) is 3. The van der Waals surface area contributed by atoms with E-state index in [0.717, 1.165) is 11.5 Å². The number of rotatable bonds is 4. The average molecular weight is 247 g/mol. The summed E-state index contributed by atoms with van der Waals surface area (Å²) in [5.74, 6) is 0.854. The van der Waals surface area contributed by atoms with E-state index in [1.165, 1.54) is 0 Å². The molecule has 2 aromatic heterocycles. The number of aromatic nitrogens is 1. The summed E-state index contributed by atoms with van der Waals surface area (Å²) < 4.78 is 5.18. The number of hydrogen-bond donors (Lipinski definition) is 2. The van der Waals surface area contributed by atoms with E-state index in [2.05, 4.69) is 15.6 Å². The van der Waals surface area contributed by atoms with Crippen molar-refractivity contribution < 1.29 is 4.42 Å². The fraction of sp³-hybridized carbons (Fsp3) is 0.167. The van der Waals surface area contributed by atoms with Crippen LogP contribution in [0.15, 0.2) is 47.2 Å². The van der Waals surface area contributed by atoms with Gasteiger partial charge in [0, 0.05) is 6.20 Å². The maximum atomic E-state index is 5.18. The van der Waals surface area contributed by atoms with Crippen LogP contribution in [0.4, 0.5) is 0 Å². The lowest BCUT2D eigenvalue weighted by molar-refractivity contribution is 0.502. The van der Waals surface area contributed by atoms with Gasteiger partial charge in [0.05, 0.1) is 25.0 Å². The number of nitrogens with one attached hydrogen (secondary N) is 2. The van der Waals surface area contributed by atoms with E-state index < -0.39 is 0 Å². The first-order valence-corrected chi connectivity index (χ1v) is 5.69. The van der Waals surface area contributed by atoms with E-state index in [1.54, 1.807) is 12.5 Å². The number of pyridine rings is 1. The second kappa shape index (κ2) is 6.00. The SMILES string of the molecule is S=C(NCc1ccccn1)NCc1ccco1. The molecule has 17 heavy (non-hydrogen) atoms. The molecule has 2 heterocycles. The first-order valence-electron chi connectivity index (χ1n) is 5.28. The third-order valence-corrected chi connectivity index (χ3v) is 2.45. The zero-order chi connectivity index (χ0) is 11.9. The summed E-state index contributed by atoms with van der Waals surface area (Å²) in [6.45, 7) is 1.20. The number of furan rings is 1. The molecule has 2 rings (SSSR count). The van der Waals surface area contributed by atoms with Crippen LogP contribution in [0.25, 0.3) is 0 Å². The minimum absolute atomic E-state index is 0.584. The lowest BCUT2D eigenvalue weighted by atomic mass is 10.3. The van der Waals surface area contributed by atoms with E-state index >= 15 is 0 Å². The lowest BCUT2D eigenvalue weighted by Crippen LogP contribution is -2.34. The molecule has 0 spiro atoms. The van der Waals surface area contributed by atoms with Crippen molar-refractivity contribution in [2.45, 2.75) is 13.1 Å². The van der Waals surface area contributed by atoms with E-state index in [1.807, 2.05) is 30.3 Å². The van der Waals surface area contributed by atoms with Gasteiger partial charge in [0.2, 0.25) is 0 Å². The standard InChI is InChI=1S/C12H13N3OS/c17-12(15-9-11-5-3-7-16-11)14-8-10-4-1-2-6-13-10/h1-7H,8-9H2,(H2,14,15,17). The Labute approximate surface area is 105 Å². The Morgan fingerprint density at radius 2 is 2.06 bits per heavy atom. The maximum Gasteiger partial charge on any atom is 0.166 e. The van der Waals surface area contributed by atoms with E-state index in [-0.39, 0.29) is 0 Å². The van der Waals surface area contributed by atoms with Crippen LogP contribution >= 0.6 is 12.2 Å².